The molecule has 0 unspecified atom stereocenters. The van der Waals surface area contributed by atoms with Gasteiger partial charge in [-0.25, -0.2) is 0 Å². The van der Waals surface area contributed by atoms with Gasteiger partial charge in [0.25, 0.3) is 0 Å². The van der Waals surface area contributed by atoms with Crippen molar-refractivity contribution in [3.63, 3.8) is 0 Å². The number of carbonyl (C=O) groups excluding carboxylic acids is 23. The van der Waals surface area contributed by atoms with E-state index >= 15 is 0 Å². The molecule has 16 atom stereocenters. The number of Topliss-reactive ketones (excluding diaryl/α,β-unsaturated/α-hetero) is 15. The Morgan fingerprint density at radius 1 is 0.261 bits per heavy atom. The maximum atomic E-state index is 13.2. The second-order valence-corrected chi connectivity index (χ2v) is 25.0. The summed E-state index contributed by atoms with van der Waals surface area (Å²) in [6.07, 6.45) is -19.5. The van der Waals surface area contributed by atoms with Gasteiger partial charge in [0, 0.05) is 83.1 Å². The van der Waals surface area contributed by atoms with Gasteiger partial charge < -0.3 is 81.7 Å². The van der Waals surface area contributed by atoms with Crippen LogP contribution in [0.1, 0.15) is 137 Å². The van der Waals surface area contributed by atoms with Crippen molar-refractivity contribution in [3.05, 3.63) is 35.9 Å². The lowest BCUT2D eigenvalue weighted by Gasteiger charge is -2.51. The second-order valence-electron chi connectivity index (χ2n) is 25.0. The van der Waals surface area contributed by atoms with Crippen molar-refractivity contribution >= 4 is 134 Å². The summed E-state index contributed by atoms with van der Waals surface area (Å²) in [7, 11) is 0. The van der Waals surface area contributed by atoms with Gasteiger partial charge in [-0.1, -0.05) is 30.3 Å². The first-order chi connectivity index (χ1) is 50.3. The highest BCUT2D eigenvalue weighted by atomic mass is 16.4. The summed E-state index contributed by atoms with van der Waals surface area (Å²) >= 11 is 0. The van der Waals surface area contributed by atoms with Crippen molar-refractivity contribution in [2.45, 2.75) is 225 Å². The van der Waals surface area contributed by atoms with Crippen LogP contribution in [0.3, 0.4) is 0 Å². The van der Waals surface area contributed by atoms with E-state index in [1.54, 1.807) is 0 Å². The van der Waals surface area contributed by atoms with Crippen molar-refractivity contribution in [1.29, 1.82) is 0 Å². The molecule has 0 spiro atoms. The number of rotatable bonds is 36. The maximum Gasteiger partial charge on any atom is 0.235 e. The molecular weight excluding hydrogens is 1500 g/mol. The average Bonchev–Trinajstić information content (AvgIpc) is 0.727. The summed E-state index contributed by atoms with van der Waals surface area (Å²) < 4.78 is 0. The SMILES string of the molecule is CC(=O)C(=O)[C@@](C(C)=O)(N(C(C)=O)C(C)=O)[C@](O)(C(C)=O)[C@H](O)[C@H](O)CO.CC(=O)C(=O)[C@](C(C)=O)(N(C(C)=O)C(C)=O)[C@](O)(C(C)=O)[C@@H](O)[C@H](O)CO.CC(=O)C(=O)[C@](C(C)=O)(N(C(C)=O)C(C)=O)[C@](O)(C(C)=O)[C@H](O)[C@H](O)CO.CC(=O)C(=O)[C@](C(C)=O)(N(C(C)=O)C(C)=O)[C@](O)(c1ccccc1)[C@H](O)[C@H](O)CO. The van der Waals surface area contributed by atoms with E-state index in [0.717, 1.165) is 81.4 Å². The third kappa shape index (κ3) is 18.9. The molecule has 620 valence electrons. The minimum Gasteiger partial charge on any atom is -0.394 e. The number of aliphatic hydroxyl groups is 16. The third-order valence-corrected chi connectivity index (χ3v) is 17.4. The highest BCUT2D eigenvalue weighted by Gasteiger charge is 2.76. The molecule has 0 aliphatic rings. The fourth-order valence-corrected chi connectivity index (χ4v) is 12.7. The normalized spacial score (nSPS) is 17.5. The molecule has 16 N–H and O–H groups in total. The monoisotopic (exact) mass is 1590 g/mol. The summed E-state index contributed by atoms with van der Waals surface area (Å²) in [6.45, 7) is 8.39. The zero-order valence-corrected chi connectivity index (χ0v) is 63.7. The standard InChI is InChI=1S/C20H25NO9.3C16H23NO10/c1-11(23)17(28)19(12(2)24,21(13(3)25)14(4)26)20(30,18(29)16(27)10-22)15-8-6-5-7-9-15;3*1-7(19)13(25)15(8(2)20,17(10(4)22)11(5)23)16(27,9(3)21)14(26)12(24)6-18/h5-9,16,18,22,27,29-30H,10H2,1-4H3;3*12,14,18,24,26-27H,6H2,1-5H3/t16-,18-,19+,20+;12-,14+,15+,16+;12-,14-,15+,16+;12-,14-,15-,16+/m1111/s1. The van der Waals surface area contributed by atoms with Crippen LogP contribution in [0.5, 0.6) is 0 Å². The number of aliphatic hydroxyl groups excluding tert-OH is 12. The summed E-state index contributed by atoms with van der Waals surface area (Å²) in [5.41, 5.74) is -28.1. The molecule has 43 heteroatoms. The van der Waals surface area contributed by atoms with Crippen LogP contribution in [-0.2, 0) is 116 Å². The van der Waals surface area contributed by atoms with Crippen LogP contribution >= 0.6 is 0 Å². The Morgan fingerprint density at radius 2 is 0.423 bits per heavy atom. The van der Waals surface area contributed by atoms with E-state index in [4.69, 9.17) is 15.3 Å². The largest absolute Gasteiger partial charge is 0.394 e. The lowest BCUT2D eigenvalue weighted by molar-refractivity contribution is -0.211. The van der Waals surface area contributed by atoms with Crippen molar-refractivity contribution in [2.24, 2.45) is 0 Å². The fraction of sp³-hybridized carbons (Fsp3) is 0.574. The number of benzene rings is 1. The van der Waals surface area contributed by atoms with Gasteiger partial charge in [-0.2, -0.15) is 0 Å². The number of imide groups is 4. The first kappa shape index (κ1) is 105. The van der Waals surface area contributed by atoms with Crippen LogP contribution in [0.15, 0.2) is 30.3 Å². The molecule has 0 aliphatic heterocycles. The molecule has 0 aromatic heterocycles. The molecular formula is C68H94N4O39. The number of hydrogen-bond acceptors (Lipinski definition) is 39. The number of hydrogen-bond donors (Lipinski definition) is 16. The van der Waals surface area contributed by atoms with E-state index < -0.39 is 254 Å². The predicted molar refractivity (Wildman–Crippen MR) is 363 cm³/mol. The molecule has 0 bridgehead atoms. The van der Waals surface area contributed by atoms with E-state index in [1.165, 1.54) is 18.2 Å². The van der Waals surface area contributed by atoms with Gasteiger partial charge in [-0.05, 0) is 54.0 Å². The Balaban J connectivity index is -0.00000140. The summed E-state index contributed by atoms with van der Waals surface area (Å²) in [6, 6.07) is 6.53. The lowest BCUT2D eigenvalue weighted by atomic mass is 9.64. The fourth-order valence-electron chi connectivity index (χ4n) is 12.7. The van der Waals surface area contributed by atoms with Gasteiger partial charge in [0.2, 0.25) is 92.5 Å². The minimum absolute atomic E-state index is 0.0966. The van der Waals surface area contributed by atoms with Gasteiger partial charge in [0.05, 0.1) is 26.4 Å². The van der Waals surface area contributed by atoms with Crippen molar-refractivity contribution in [1.82, 2.24) is 19.6 Å². The first-order valence-corrected chi connectivity index (χ1v) is 32.1. The van der Waals surface area contributed by atoms with Crippen molar-refractivity contribution < 1.29 is 192 Å². The second kappa shape index (κ2) is 40.9. The van der Waals surface area contributed by atoms with Gasteiger partial charge >= 0.3 is 0 Å². The Hall–Kier alpha value is -9.81. The van der Waals surface area contributed by atoms with E-state index in [2.05, 4.69) is 0 Å². The molecule has 43 nitrogen and oxygen atoms in total. The number of nitrogens with zero attached hydrogens (tertiary/aromatic N) is 4. The molecule has 0 saturated carbocycles. The Morgan fingerprint density at radius 3 is 0.568 bits per heavy atom. The summed E-state index contributed by atoms with van der Waals surface area (Å²) in [5.74, 6) is -33.1. The van der Waals surface area contributed by atoms with Crippen LogP contribution in [0, 0.1) is 0 Å². The molecule has 0 saturated heterocycles. The van der Waals surface area contributed by atoms with Gasteiger partial charge in [-0.3, -0.25) is 130 Å². The Labute approximate surface area is 631 Å². The highest BCUT2D eigenvalue weighted by molar-refractivity contribution is 6.49. The van der Waals surface area contributed by atoms with Crippen LogP contribution in [0.4, 0.5) is 0 Å². The van der Waals surface area contributed by atoms with E-state index in [1.807, 2.05) is 0 Å². The van der Waals surface area contributed by atoms with E-state index in [9.17, 15) is 177 Å². The van der Waals surface area contributed by atoms with Crippen LogP contribution in [0.2, 0.25) is 0 Å². The zero-order valence-electron chi connectivity index (χ0n) is 63.7. The molecule has 8 amide bonds. The smallest absolute Gasteiger partial charge is 0.235 e. The van der Waals surface area contributed by atoms with E-state index in [-0.39, 0.29) is 25.2 Å². The topological polar surface area (TPSA) is 729 Å². The molecule has 1 aromatic rings. The molecule has 0 aliphatic carbocycles. The van der Waals surface area contributed by atoms with Gasteiger partial charge in [-0.15, -0.1) is 0 Å². The van der Waals surface area contributed by atoms with Gasteiger partial charge in [0.1, 0.15) is 48.8 Å². The molecule has 1 aromatic carbocycles. The molecule has 111 heavy (non-hydrogen) atoms. The summed E-state index contributed by atoms with van der Waals surface area (Å²) in [5, 5.41) is 162. The van der Waals surface area contributed by atoms with Crippen LogP contribution in [0.25, 0.3) is 0 Å². The quantitative estimate of drug-likeness (QED) is 0.0219. The number of amides is 8. The predicted octanol–water partition coefficient (Wildman–Crippen LogP) is -10.8. The highest BCUT2D eigenvalue weighted by Crippen LogP contribution is 2.45. The molecule has 0 fully saturated rings. The van der Waals surface area contributed by atoms with Crippen molar-refractivity contribution in [2.75, 3.05) is 26.4 Å². The molecule has 0 heterocycles. The lowest BCUT2D eigenvalue weighted by Crippen LogP contribution is -2.81. The van der Waals surface area contributed by atoms with Gasteiger partial charge in [0.15, 0.2) is 86.0 Å². The number of ketones is 15. The first-order valence-electron chi connectivity index (χ1n) is 32.1. The molecule has 1 rings (SSSR count). The zero-order chi connectivity index (χ0) is 89.1. The van der Waals surface area contributed by atoms with Crippen LogP contribution < -0.4 is 0 Å². The average molecular weight is 1590 g/mol. The van der Waals surface area contributed by atoms with Crippen LogP contribution in [-0.4, -0.2) is 350 Å². The third-order valence-electron chi connectivity index (χ3n) is 17.4. The Kier molecular flexibility index (Phi) is 38.8. The Bertz CT molecular complexity index is 3560. The maximum absolute atomic E-state index is 13.2. The van der Waals surface area contributed by atoms with Crippen molar-refractivity contribution in [3.8, 4) is 0 Å². The number of carbonyl (C=O) groups is 23. The minimum atomic E-state index is -3.62. The summed E-state index contributed by atoms with van der Waals surface area (Å²) in [4.78, 5) is 283. The molecule has 0 radical (unpaired) electrons. The van der Waals surface area contributed by atoms with E-state index in [0.29, 0.717) is 62.3 Å².